The van der Waals surface area contributed by atoms with Crippen molar-refractivity contribution in [3.63, 3.8) is 0 Å². The number of carbonyl (C=O) groups excluding carboxylic acids is 1. The molecule has 6 heteroatoms. The van der Waals surface area contributed by atoms with Crippen molar-refractivity contribution in [1.29, 1.82) is 0 Å². The summed E-state index contributed by atoms with van der Waals surface area (Å²) in [4.78, 5) is 12.4. The van der Waals surface area contributed by atoms with E-state index >= 15 is 0 Å². The summed E-state index contributed by atoms with van der Waals surface area (Å²) in [6.45, 7) is 0. The van der Waals surface area contributed by atoms with Gasteiger partial charge in [-0.3, -0.25) is 0 Å². The molecule has 0 aliphatic rings. The Kier molecular flexibility index (Phi) is 3.79. The van der Waals surface area contributed by atoms with E-state index in [1.165, 1.54) is 12.1 Å². The lowest BCUT2D eigenvalue weighted by molar-refractivity contribution is -0.138. The van der Waals surface area contributed by atoms with Crippen molar-refractivity contribution in [3.8, 4) is 0 Å². The van der Waals surface area contributed by atoms with Crippen LogP contribution >= 0.6 is 0 Å². The number of hydrogen-bond donors (Lipinski definition) is 0. The average molecular weight is 233 g/mol. The summed E-state index contributed by atoms with van der Waals surface area (Å²) in [5, 5.41) is 0. The van der Waals surface area contributed by atoms with Crippen molar-refractivity contribution in [2.75, 3.05) is 0 Å². The molecule has 0 N–H and O–H groups in total. The number of nitrogens with zero attached hydrogens (tertiary/aromatic N) is 1. The van der Waals surface area contributed by atoms with Crippen LogP contribution in [0, 0.1) is 0 Å². The summed E-state index contributed by atoms with van der Waals surface area (Å²) < 4.78 is 50.2. The zero-order valence-electron chi connectivity index (χ0n) is 7.96. The lowest BCUT2D eigenvalue weighted by atomic mass is 10.0. The highest BCUT2D eigenvalue weighted by Gasteiger charge is 2.33. The first-order chi connectivity index (χ1) is 7.45. The number of aliphatic imine (C=N–C) groups is 1. The lowest BCUT2D eigenvalue weighted by Gasteiger charge is -2.12. The van der Waals surface area contributed by atoms with Gasteiger partial charge in [0.25, 0.3) is 0 Å². The van der Waals surface area contributed by atoms with Crippen LogP contribution in [0.1, 0.15) is 11.1 Å². The highest BCUT2D eigenvalue weighted by atomic mass is 19.4. The van der Waals surface area contributed by atoms with Gasteiger partial charge in [0.2, 0.25) is 12.4 Å². The fourth-order valence-electron chi connectivity index (χ4n) is 1.26. The van der Waals surface area contributed by atoms with Crippen LogP contribution in [0.3, 0.4) is 0 Å². The van der Waals surface area contributed by atoms with Crippen molar-refractivity contribution in [2.24, 2.45) is 4.99 Å². The summed E-state index contributed by atoms with van der Waals surface area (Å²) in [5.41, 5.74) is -1.15. The topological polar surface area (TPSA) is 29.4 Å². The molecule has 0 radical (unpaired) electrons. The zero-order chi connectivity index (χ0) is 12.2. The second kappa shape index (κ2) is 4.90. The van der Waals surface area contributed by atoms with Crippen LogP contribution in [-0.4, -0.2) is 12.4 Å². The summed E-state index contributed by atoms with van der Waals surface area (Å²) in [7, 11) is 0. The molecule has 1 unspecified atom stereocenters. The monoisotopic (exact) mass is 233 g/mol. The van der Waals surface area contributed by atoms with E-state index in [1.807, 2.05) is 0 Å². The maximum Gasteiger partial charge on any atom is 0.416 e. The molecule has 1 aromatic rings. The molecule has 0 saturated carbocycles. The Balaban J connectivity index is 3.00. The van der Waals surface area contributed by atoms with Gasteiger partial charge in [0, 0.05) is 6.42 Å². The molecule has 0 heterocycles. The quantitative estimate of drug-likeness (QED) is 0.341. The first-order valence-corrected chi connectivity index (χ1v) is 4.31. The van der Waals surface area contributed by atoms with Gasteiger partial charge < -0.3 is 0 Å². The Hall–Kier alpha value is -1.68. The maximum atomic E-state index is 12.9. The van der Waals surface area contributed by atoms with Gasteiger partial charge in [-0.2, -0.15) is 18.2 Å². The highest BCUT2D eigenvalue weighted by Crippen LogP contribution is 2.32. The van der Waals surface area contributed by atoms with E-state index in [9.17, 15) is 22.4 Å². The van der Waals surface area contributed by atoms with Crippen LogP contribution in [0.2, 0.25) is 0 Å². The highest BCUT2D eigenvalue weighted by molar-refractivity contribution is 5.34. The minimum atomic E-state index is -4.54. The first-order valence-electron chi connectivity index (χ1n) is 4.31. The van der Waals surface area contributed by atoms with Crippen LogP contribution in [0.5, 0.6) is 0 Å². The van der Waals surface area contributed by atoms with E-state index in [0.717, 1.165) is 18.2 Å². The Labute approximate surface area is 88.6 Å². The Morgan fingerprint density at radius 3 is 2.50 bits per heavy atom. The number of halogens is 4. The summed E-state index contributed by atoms with van der Waals surface area (Å²) in [6.07, 6.45) is -6.17. The van der Waals surface area contributed by atoms with Gasteiger partial charge in [-0.05, 0) is 11.6 Å². The molecule has 0 amide bonds. The van der Waals surface area contributed by atoms with Crippen LogP contribution in [0.15, 0.2) is 29.3 Å². The SMILES string of the molecule is O=C=NC(F)Cc1ccccc1C(F)(F)F. The first kappa shape index (κ1) is 12.4. The van der Waals surface area contributed by atoms with E-state index in [0.29, 0.717) is 0 Å². The molecule has 2 nitrogen and oxygen atoms in total. The fraction of sp³-hybridized carbons (Fsp3) is 0.300. The average Bonchev–Trinajstić information content (AvgIpc) is 2.17. The standard InChI is InChI=1S/C10H7F4NO/c11-9(15-6-16)5-7-3-1-2-4-8(7)10(12,13)14/h1-4,9H,5H2. The van der Waals surface area contributed by atoms with Crippen molar-refractivity contribution in [3.05, 3.63) is 35.4 Å². The number of hydrogen-bond acceptors (Lipinski definition) is 2. The summed E-state index contributed by atoms with van der Waals surface area (Å²) in [6, 6.07) is 4.58. The van der Waals surface area contributed by atoms with Crippen molar-refractivity contribution >= 4 is 6.08 Å². The second-order valence-electron chi connectivity index (χ2n) is 3.01. The number of rotatable bonds is 3. The molecule has 16 heavy (non-hydrogen) atoms. The van der Waals surface area contributed by atoms with Gasteiger partial charge in [-0.15, -0.1) is 0 Å². The molecule has 0 saturated heterocycles. The van der Waals surface area contributed by atoms with Crippen molar-refractivity contribution in [2.45, 2.75) is 18.9 Å². The predicted molar refractivity (Wildman–Crippen MR) is 48.2 cm³/mol. The van der Waals surface area contributed by atoms with Gasteiger partial charge in [0.15, 0.2) is 0 Å². The zero-order valence-corrected chi connectivity index (χ0v) is 7.96. The molecule has 0 aromatic heterocycles. The van der Waals surface area contributed by atoms with Gasteiger partial charge in [-0.25, -0.2) is 9.18 Å². The maximum absolute atomic E-state index is 12.9. The van der Waals surface area contributed by atoms with Crippen LogP contribution < -0.4 is 0 Å². The normalized spacial score (nSPS) is 13.0. The Bertz CT molecular complexity index is 410. The van der Waals surface area contributed by atoms with Gasteiger partial charge >= 0.3 is 6.18 Å². The molecule has 0 aliphatic carbocycles. The summed E-state index contributed by atoms with van der Waals surface area (Å²) >= 11 is 0. The molecule has 0 spiro atoms. The van der Waals surface area contributed by atoms with E-state index in [1.54, 1.807) is 0 Å². The summed E-state index contributed by atoms with van der Waals surface area (Å²) in [5.74, 6) is 0. The van der Waals surface area contributed by atoms with Crippen molar-refractivity contribution in [1.82, 2.24) is 0 Å². The molecule has 1 rings (SSSR count). The van der Waals surface area contributed by atoms with Crippen molar-refractivity contribution < 1.29 is 22.4 Å². The van der Waals surface area contributed by atoms with Crippen LogP contribution in [-0.2, 0) is 17.4 Å². The largest absolute Gasteiger partial charge is 0.416 e. The molecular weight excluding hydrogens is 226 g/mol. The molecule has 0 fully saturated rings. The minimum Gasteiger partial charge on any atom is -0.221 e. The molecular formula is C10H7F4NO. The van der Waals surface area contributed by atoms with Crippen LogP contribution in [0.25, 0.3) is 0 Å². The fourth-order valence-corrected chi connectivity index (χ4v) is 1.26. The third-order valence-corrected chi connectivity index (χ3v) is 1.90. The molecule has 1 atom stereocenters. The predicted octanol–water partition coefficient (Wildman–Crippen LogP) is 2.88. The van der Waals surface area contributed by atoms with Gasteiger partial charge in [0.1, 0.15) is 0 Å². The van der Waals surface area contributed by atoms with Crippen LogP contribution in [0.4, 0.5) is 17.6 Å². The number of benzene rings is 1. The number of alkyl halides is 4. The molecule has 1 aromatic carbocycles. The third-order valence-electron chi connectivity index (χ3n) is 1.90. The smallest absolute Gasteiger partial charge is 0.221 e. The number of isocyanates is 1. The van der Waals surface area contributed by atoms with E-state index < -0.39 is 24.5 Å². The minimum absolute atomic E-state index is 0.235. The van der Waals surface area contributed by atoms with E-state index in [2.05, 4.69) is 4.99 Å². The molecule has 0 aliphatic heterocycles. The lowest BCUT2D eigenvalue weighted by Crippen LogP contribution is -2.12. The van der Waals surface area contributed by atoms with E-state index in [4.69, 9.17) is 0 Å². The van der Waals surface area contributed by atoms with E-state index in [-0.39, 0.29) is 5.56 Å². The Morgan fingerprint density at radius 1 is 1.31 bits per heavy atom. The molecule has 86 valence electrons. The van der Waals surface area contributed by atoms with Gasteiger partial charge in [0.05, 0.1) is 5.56 Å². The second-order valence-corrected chi connectivity index (χ2v) is 3.01. The third kappa shape index (κ3) is 3.17. The van der Waals surface area contributed by atoms with Gasteiger partial charge in [-0.1, -0.05) is 18.2 Å². The Morgan fingerprint density at radius 2 is 1.94 bits per heavy atom. The molecule has 0 bridgehead atoms.